The molecule has 1 aromatic rings. The van der Waals surface area contributed by atoms with Crippen LogP contribution in [0.4, 0.5) is 13.2 Å². The summed E-state index contributed by atoms with van der Waals surface area (Å²) in [5, 5.41) is 25.9. The van der Waals surface area contributed by atoms with E-state index in [0.29, 0.717) is 12.3 Å². The zero-order valence-corrected chi connectivity index (χ0v) is 7.15. The lowest BCUT2D eigenvalue weighted by Crippen LogP contribution is -2.34. The minimum Gasteiger partial charge on any atom is -0.423 e. The summed E-state index contributed by atoms with van der Waals surface area (Å²) in [6.07, 6.45) is -4.03. The fourth-order valence-electron chi connectivity index (χ4n) is 0.933. The van der Waals surface area contributed by atoms with E-state index in [1.165, 1.54) is 6.07 Å². The van der Waals surface area contributed by atoms with Crippen LogP contribution in [0.1, 0.15) is 11.3 Å². The van der Waals surface area contributed by atoms with Crippen LogP contribution in [-0.4, -0.2) is 22.2 Å². The van der Waals surface area contributed by atoms with Gasteiger partial charge in [-0.05, 0) is 6.07 Å². The molecule has 0 amide bonds. The summed E-state index contributed by atoms with van der Waals surface area (Å²) in [6, 6.07) is 1.94. The number of nitriles is 1. The molecule has 1 rings (SSSR count). The third-order valence-electron chi connectivity index (χ3n) is 1.63. The fraction of sp³-hybridized carbons (Fsp3) is 0.143. The van der Waals surface area contributed by atoms with Crippen LogP contribution in [0.3, 0.4) is 0 Å². The molecule has 0 saturated carbocycles. The van der Waals surface area contributed by atoms with E-state index in [0.717, 1.165) is 0 Å². The Morgan fingerprint density at radius 2 is 2.00 bits per heavy atom. The highest BCUT2D eigenvalue weighted by Crippen LogP contribution is 2.26. The molecule has 8 heteroatoms. The minimum atomic E-state index is -4.68. The van der Waals surface area contributed by atoms with E-state index < -0.39 is 24.5 Å². The molecular weight excluding hydrogens is 212 g/mol. The lowest BCUT2D eigenvalue weighted by atomic mass is 9.77. The summed E-state index contributed by atoms with van der Waals surface area (Å²) in [6.45, 7) is 0. The van der Waals surface area contributed by atoms with Crippen LogP contribution in [0.5, 0.6) is 0 Å². The Bertz CT molecular complexity index is 414. The SMILES string of the molecule is N#Cc1cnc(C(F)(F)F)cc1B(O)O. The summed E-state index contributed by atoms with van der Waals surface area (Å²) in [7, 11) is -2.14. The van der Waals surface area contributed by atoms with Crippen molar-refractivity contribution < 1.29 is 23.2 Å². The van der Waals surface area contributed by atoms with Gasteiger partial charge in [0.15, 0.2) is 0 Å². The standard InChI is InChI=1S/C7H4BF3N2O2/c9-7(10,11)6-1-5(8(14)15)4(2-12)3-13-6/h1,3,14-15H. The average Bonchev–Trinajstić information content (AvgIpc) is 2.15. The van der Waals surface area contributed by atoms with Crippen LogP contribution in [-0.2, 0) is 6.18 Å². The molecular formula is C7H4BF3N2O2. The van der Waals surface area contributed by atoms with Gasteiger partial charge < -0.3 is 10.0 Å². The first-order valence-electron chi connectivity index (χ1n) is 3.69. The van der Waals surface area contributed by atoms with E-state index >= 15 is 0 Å². The molecule has 4 nitrogen and oxygen atoms in total. The Hall–Kier alpha value is -1.59. The molecule has 78 valence electrons. The lowest BCUT2D eigenvalue weighted by Gasteiger charge is -2.08. The van der Waals surface area contributed by atoms with Gasteiger partial charge in [-0.1, -0.05) is 0 Å². The summed E-state index contributed by atoms with van der Waals surface area (Å²) >= 11 is 0. The summed E-state index contributed by atoms with van der Waals surface area (Å²) in [5.41, 5.74) is -2.09. The third kappa shape index (κ3) is 2.46. The molecule has 0 radical (unpaired) electrons. The van der Waals surface area contributed by atoms with Gasteiger partial charge in [-0.3, -0.25) is 4.98 Å². The van der Waals surface area contributed by atoms with Gasteiger partial charge in [0.25, 0.3) is 0 Å². The van der Waals surface area contributed by atoms with E-state index in [4.69, 9.17) is 15.3 Å². The molecule has 0 aliphatic heterocycles. The molecule has 1 aromatic heterocycles. The fourth-order valence-corrected chi connectivity index (χ4v) is 0.933. The van der Waals surface area contributed by atoms with Gasteiger partial charge >= 0.3 is 13.3 Å². The van der Waals surface area contributed by atoms with Gasteiger partial charge in [0.1, 0.15) is 11.8 Å². The maximum atomic E-state index is 12.2. The topological polar surface area (TPSA) is 77.1 Å². The Balaban J connectivity index is 3.30. The maximum Gasteiger partial charge on any atom is 0.489 e. The molecule has 0 bridgehead atoms. The minimum absolute atomic E-state index is 0.307. The lowest BCUT2D eigenvalue weighted by molar-refractivity contribution is -0.141. The summed E-state index contributed by atoms with van der Waals surface area (Å²) in [4.78, 5) is 2.99. The van der Waals surface area contributed by atoms with E-state index in [2.05, 4.69) is 4.98 Å². The predicted octanol–water partition coefficient (Wildman–Crippen LogP) is -0.348. The quantitative estimate of drug-likeness (QED) is 0.629. The number of hydrogen-bond donors (Lipinski definition) is 2. The van der Waals surface area contributed by atoms with Crippen molar-refractivity contribution in [2.45, 2.75) is 6.18 Å². The highest BCUT2D eigenvalue weighted by molar-refractivity contribution is 6.59. The van der Waals surface area contributed by atoms with Crippen molar-refractivity contribution in [3.8, 4) is 6.07 Å². The van der Waals surface area contributed by atoms with Crippen LogP contribution in [0.15, 0.2) is 12.3 Å². The molecule has 0 aromatic carbocycles. The number of nitrogens with zero attached hydrogens (tertiary/aromatic N) is 2. The Kier molecular flexibility index (Phi) is 2.97. The zero-order valence-electron chi connectivity index (χ0n) is 7.15. The van der Waals surface area contributed by atoms with Crippen LogP contribution in [0.2, 0.25) is 0 Å². The molecule has 2 N–H and O–H groups in total. The monoisotopic (exact) mass is 216 g/mol. The predicted molar refractivity (Wildman–Crippen MR) is 43.8 cm³/mol. The second-order valence-electron chi connectivity index (χ2n) is 2.64. The van der Waals surface area contributed by atoms with Crippen molar-refractivity contribution in [2.75, 3.05) is 0 Å². The number of hydrogen-bond acceptors (Lipinski definition) is 4. The van der Waals surface area contributed by atoms with Gasteiger partial charge in [-0.15, -0.1) is 0 Å². The van der Waals surface area contributed by atoms with E-state index in [1.807, 2.05) is 0 Å². The van der Waals surface area contributed by atoms with Gasteiger partial charge in [0.05, 0.1) is 5.56 Å². The van der Waals surface area contributed by atoms with Crippen molar-refractivity contribution in [3.63, 3.8) is 0 Å². The molecule has 15 heavy (non-hydrogen) atoms. The first-order valence-corrected chi connectivity index (χ1v) is 3.69. The molecule has 1 heterocycles. The Morgan fingerprint density at radius 3 is 2.40 bits per heavy atom. The Morgan fingerprint density at radius 1 is 1.40 bits per heavy atom. The summed E-state index contributed by atoms with van der Waals surface area (Å²) in [5.74, 6) is 0. The van der Waals surface area contributed by atoms with Gasteiger partial charge in [0.2, 0.25) is 0 Å². The first-order chi connectivity index (χ1) is 6.86. The smallest absolute Gasteiger partial charge is 0.423 e. The second-order valence-corrected chi connectivity index (χ2v) is 2.64. The van der Waals surface area contributed by atoms with Crippen LogP contribution in [0.25, 0.3) is 0 Å². The molecule has 0 spiro atoms. The number of pyridine rings is 1. The molecule has 0 atom stereocenters. The third-order valence-corrected chi connectivity index (χ3v) is 1.63. The van der Waals surface area contributed by atoms with Gasteiger partial charge in [-0.25, -0.2) is 0 Å². The van der Waals surface area contributed by atoms with Crippen molar-refractivity contribution in [3.05, 3.63) is 23.5 Å². The van der Waals surface area contributed by atoms with Crippen molar-refractivity contribution in [1.82, 2.24) is 4.98 Å². The maximum absolute atomic E-state index is 12.2. The van der Waals surface area contributed by atoms with Crippen molar-refractivity contribution in [1.29, 1.82) is 5.26 Å². The molecule has 0 aliphatic rings. The highest BCUT2D eigenvalue weighted by atomic mass is 19.4. The second kappa shape index (κ2) is 3.88. The van der Waals surface area contributed by atoms with E-state index in [9.17, 15) is 13.2 Å². The van der Waals surface area contributed by atoms with Crippen molar-refractivity contribution in [2.24, 2.45) is 0 Å². The molecule has 0 saturated heterocycles. The number of aromatic nitrogens is 1. The van der Waals surface area contributed by atoms with Gasteiger partial charge in [-0.2, -0.15) is 18.4 Å². The Labute approximate surface area is 82.8 Å². The van der Waals surface area contributed by atoms with E-state index in [1.54, 1.807) is 0 Å². The van der Waals surface area contributed by atoms with E-state index in [-0.39, 0.29) is 5.56 Å². The zero-order chi connectivity index (χ0) is 11.6. The molecule has 0 fully saturated rings. The number of halogens is 3. The molecule has 0 unspecified atom stereocenters. The van der Waals surface area contributed by atoms with Crippen LogP contribution >= 0.6 is 0 Å². The molecule has 0 aliphatic carbocycles. The van der Waals surface area contributed by atoms with Crippen LogP contribution in [0, 0.1) is 11.3 Å². The van der Waals surface area contributed by atoms with Gasteiger partial charge in [0, 0.05) is 11.7 Å². The van der Waals surface area contributed by atoms with Crippen LogP contribution < -0.4 is 5.46 Å². The summed E-state index contributed by atoms with van der Waals surface area (Å²) < 4.78 is 36.5. The number of rotatable bonds is 1. The normalized spacial score (nSPS) is 10.9. The highest BCUT2D eigenvalue weighted by Gasteiger charge is 2.34. The largest absolute Gasteiger partial charge is 0.489 e. The van der Waals surface area contributed by atoms with Crippen molar-refractivity contribution >= 4 is 12.6 Å². The number of alkyl halides is 3. The average molecular weight is 216 g/mol. The first kappa shape index (κ1) is 11.5.